The second-order valence-electron chi connectivity index (χ2n) is 3.10. The summed E-state index contributed by atoms with van der Waals surface area (Å²) in [7, 11) is -3.18. The van der Waals surface area contributed by atoms with Crippen LogP contribution in [0.4, 0.5) is 0 Å². The summed E-state index contributed by atoms with van der Waals surface area (Å²) in [6.45, 7) is 0. The van der Waals surface area contributed by atoms with Crippen molar-refractivity contribution in [1.29, 1.82) is 0 Å². The average Bonchev–Trinajstić information content (AvgIpc) is 2.47. The van der Waals surface area contributed by atoms with Crippen LogP contribution in [0.2, 0.25) is 0 Å². The maximum absolute atomic E-state index is 11.4. The molecule has 0 aliphatic rings. The molecule has 0 fully saturated rings. The fourth-order valence-electron chi connectivity index (χ4n) is 1.41. The summed E-state index contributed by atoms with van der Waals surface area (Å²) in [5, 5.41) is 0.667. The quantitative estimate of drug-likeness (QED) is 0.493. The zero-order chi connectivity index (χ0) is 10.3. The van der Waals surface area contributed by atoms with Crippen molar-refractivity contribution in [3.05, 3.63) is 24.4 Å². The number of H-pyrrole nitrogens is 1. The van der Waals surface area contributed by atoms with Gasteiger partial charge in [-0.25, -0.2) is 8.42 Å². The van der Waals surface area contributed by atoms with Gasteiger partial charge in [0.2, 0.25) is 0 Å². The van der Waals surface area contributed by atoms with Gasteiger partial charge in [-0.2, -0.15) is 4.90 Å². The van der Waals surface area contributed by atoms with Gasteiger partial charge in [-0.1, -0.05) is 18.2 Å². The Kier molecular flexibility index (Phi) is 3.84. The van der Waals surface area contributed by atoms with Gasteiger partial charge >= 0.3 is 29.6 Å². The van der Waals surface area contributed by atoms with Crippen molar-refractivity contribution >= 4 is 33.4 Å². The first-order chi connectivity index (χ1) is 6.50. The summed E-state index contributed by atoms with van der Waals surface area (Å²) < 4.78 is 22.7. The van der Waals surface area contributed by atoms with Gasteiger partial charge in [0.25, 0.3) is 0 Å². The molecule has 0 saturated carbocycles. The summed E-state index contributed by atoms with van der Waals surface area (Å²) in [4.78, 5) is 3.82. The van der Waals surface area contributed by atoms with E-state index in [0.29, 0.717) is 20.7 Å². The summed E-state index contributed by atoms with van der Waals surface area (Å²) in [5.74, 6) is 0. The number of rotatable bonds is 1. The molecule has 1 aromatic heterocycles. The minimum Gasteiger partial charge on any atom is -0.778 e. The monoisotopic (exact) mass is 249 g/mol. The summed E-state index contributed by atoms with van der Waals surface area (Å²) in [5.41, 5.74) is 0.711. The predicted molar refractivity (Wildman–Crippen MR) is 57.0 cm³/mol. The number of para-hydroxylation sites is 1. The fourth-order valence-corrected chi connectivity index (χ4v) is 2.50. The molecule has 1 aromatic carbocycles. The zero-order valence-corrected chi connectivity index (χ0v) is 12.1. The third-order valence-electron chi connectivity index (χ3n) is 2.04. The van der Waals surface area contributed by atoms with E-state index in [-0.39, 0.29) is 29.6 Å². The summed E-state index contributed by atoms with van der Waals surface area (Å²) >= 11 is 5.06. The summed E-state index contributed by atoms with van der Waals surface area (Å²) in [6, 6.07) is 5.27. The molecule has 0 unspecified atom stereocenters. The molecule has 3 nitrogen and oxygen atoms in total. The third kappa shape index (κ3) is 2.37. The topological polar surface area (TPSA) is 49.9 Å². The maximum atomic E-state index is 11.4. The number of benzene rings is 1. The van der Waals surface area contributed by atoms with Gasteiger partial charge < -0.3 is 17.6 Å². The number of sulfone groups is 1. The molecule has 1 N–H and O–H groups in total. The second-order valence-corrected chi connectivity index (χ2v) is 5.53. The van der Waals surface area contributed by atoms with Crippen LogP contribution in [0.1, 0.15) is 0 Å². The zero-order valence-electron chi connectivity index (χ0n) is 8.44. The first kappa shape index (κ1) is 13.0. The van der Waals surface area contributed by atoms with E-state index in [1.54, 1.807) is 18.2 Å². The number of aromatic amines is 1. The molecular weight excluding hydrogens is 241 g/mol. The number of fused-ring (bicyclic) bond motifs is 1. The van der Waals surface area contributed by atoms with Crippen molar-refractivity contribution in [3.8, 4) is 0 Å². The average molecular weight is 249 g/mol. The van der Waals surface area contributed by atoms with Crippen LogP contribution < -0.4 is 29.6 Å². The van der Waals surface area contributed by atoms with Crippen LogP contribution in [0.25, 0.3) is 10.9 Å². The molecule has 2 aromatic rings. The number of aromatic nitrogens is 1. The van der Waals surface area contributed by atoms with Crippen LogP contribution in [0.5, 0.6) is 0 Å². The Labute approximate surface area is 116 Å². The molecule has 74 valence electrons. The van der Waals surface area contributed by atoms with E-state index in [9.17, 15) is 8.42 Å². The standard InChI is InChI=1S/C9H9NO2S2.Na/c1-14(11,12)8-5-10-9-6(8)3-2-4-7(9)13;/h2-5,10,13H,1H3;/q;+1/p-1. The van der Waals surface area contributed by atoms with Crippen LogP contribution in [0.15, 0.2) is 34.2 Å². The number of nitrogens with one attached hydrogen (secondary N) is 1. The molecule has 0 aliphatic heterocycles. The third-order valence-corrected chi connectivity index (χ3v) is 3.52. The van der Waals surface area contributed by atoms with Crippen molar-refractivity contribution in [3.63, 3.8) is 0 Å². The SMILES string of the molecule is CS(=O)(=O)c1c[nH]c2c([S-])cccc12.[Na+]. The molecule has 0 bridgehead atoms. The van der Waals surface area contributed by atoms with E-state index < -0.39 is 9.84 Å². The van der Waals surface area contributed by atoms with Gasteiger partial charge in [0.1, 0.15) is 0 Å². The van der Waals surface area contributed by atoms with Gasteiger partial charge in [-0.05, 0) is 0 Å². The molecule has 2 rings (SSSR count). The molecule has 0 amide bonds. The van der Waals surface area contributed by atoms with E-state index >= 15 is 0 Å². The Bertz CT molecular complexity index is 589. The van der Waals surface area contributed by atoms with Gasteiger partial charge in [-0.3, -0.25) is 0 Å². The smallest absolute Gasteiger partial charge is 0.778 e. The van der Waals surface area contributed by atoms with Gasteiger partial charge in [0.05, 0.1) is 4.90 Å². The summed E-state index contributed by atoms with van der Waals surface area (Å²) in [6.07, 6.45) is 2.67. The van der Waals surface area contributed by atoms with Crippen LogP contribution in [0, 0.1) is 0 Å². The maximum Gasteiger partial charge on any atom is 1.00 e. The second kappa shape index (κ2) is 4.43. The van der Waals surface area contributed by atoms with Crippen LogP contribution in [0.3, 0.4) is 0 Å². The van der Waals surface area contributed by atoms with Crippen LogP contribution >= 0.6 is 0 Å². The number of hydrogen-bond acceptors (Lipinski definition) is 3. The molecule has 0 saturated heterocycles. The fraction of sp³-hybridized carbons (Fsp3) is 0.111. The van der Waals surface area contributed by atoms with Crippen molar-refractivity contribution in [1.82, 2.24) is 4.98 Å². The van der Waals surface area contributed by atoms with Gasteiger partial charge in [-0.15, -0.1) is 0 Å². The molecule has 0 spiro atoms. The van der Waals surface area contributed by atoms with Crippen molar-refractivity contribution in [2.75, 3.05) is 6.26 Å². The molecule has 0 aliphatic carbocycles. The van der Waals surface area contributed by atoms with Crippen molar-refractivity contribution < 1.29 is 38.0 Å². The van der Waals surface area contributed by atoms with Crippen molar-refractivity contribution in [2.24, 2.45) is 0 Å². The molecule has 1 heterocycles. The molecule has 0 atom stereocenters. The molecule has 6 heteroatoms. The van der Waals surface area contributed by atoms with Crippen LogP contribution in [-0.4, -0.2) is 19.7 Å². The normalized spacial score (nSPS) is 11.3. The largest absolute Gasteiger partial charge is 1.00 e. The minimum absolute atomic E-state index is 0. The first-order valence-electron chi connectivity index (χ1n) is 3.97. The Balaban J connectivity index is 0.00000112. The predicted octanol–water partition coefficient (Wildman–Crippen LogP) is -1.52. The molecule has 0 radical (unpaired) electrons. The first-order valence-corrected chi connectivity index (χ1v) is 6.27. The van der Waals surface area contributed by atoms with E-state index in [1.807, 2.05) is 0 Å². The van der Waals surface area contributed by atoms with E-state index in [1.165, 1.54) is 12.5 Å². The Hall–Kier alpha value is -0.0700. The van der Waals surface area contributed by atoms with E-state index in [4.69, 9.17) is 12.6 Å². The van der Waals surface area contributed by atoms with E-state index in [2.05, 4.69) is 4.98 Å². The Morgan fingerprint density at radius 1 is 1.33 bits per heavy atom. The van der Waals surface area contributed by atoms with Crippen molar-refractivity contribution in [2.45, 2.75) is 9.79 Å². The molecular formula is C9H8NNaO2S2. The van der Waals surface area contributed by atoms with E-state index in [0.717, 1.165) is 0 Å². The van der Waals surface area contributed by atoms with Crippen LogP contribution in [-0.2, 0) is 22.5 Å². The number of hydrogen-bond donors (Lipinski definition) is 1. The van der Waals surface area contributed by atoms with Gasteiger partial charge in [0, 0.05) is 23.4 Å². The van der Waals surface area contributed by atoms with Gasteiger partial charge in [0.15, 0.2) is 9.84 Å². The Morgan fingerprint density at radius 2 is 2.00 bits per heavy atom. The molecule has 15 heavy (non-hydrogen) atoms. The minimum atomic E-state index is -3.18. The Morgan fingerprint density at radius 3 is 2.60 bits per heavy atom.